The van der Waals surface area contributed by atoms with Gasteiger partial charge in [-0.25, -0.2) is 4.79 Å². The molecule has 0 unspecified atom stereocenters. The summed E-state index contributed by atoms with van der Waals surface area (Å²) in [5, 5.41) is 0. The van der Waals surface area contributed by atoms with Crippen molar-refractivity contribution in [3.8, 4) is 0 Å². The Labute approximate surface area is 131 Å². The highest BCUT2D eigenvalue weighted by Gasteiger charge is 2.14. The lowest BCUT2D eigenvalue weighted by Gasteiger charge is -2.13. The molecule has 0 spiro atoms. The van der Waals surface area contributed by atoms with Crippen molar-refractivity contribution < 1.29 is 9.53 Å². The average Bonchev–Trinajstić information content (AvgIpc) is 2.66. The Balaban J connectivity index is 2.49. The Morgan fingerprint density at radius 2 is 1.45 bits per heavy atom. The molecule has 0 aromatic heterocycles. The second kappa shape index (κ2) is 7.79. The maximum atomic E-state index is 11.9. The van der Waals surface area contributed by atoms with Crippen molar-refractivity contribution in [3.05, 3.63) is 108 Å². The third-order valence-corrected chi connectivity index (χ3v) is 2.97. The van der Waals surface area contributed by atoms with Crippen LogP contribution in [0.25, 0.3) is 0 Å². The summed E-state index contributed by atoms with van der Waals surface area (Å²) in [6.07, 6.45) is 25.0. The van der Waals surface area contributed by atoms with Crippen LogP contribution in [0.15, 0.2) is 108 Å². The summed E-state index contributed by atoms with van der Waals surface area (Å²) >= 11 is 0. The SMILES string of the molecule is C=C(C)C(=O)OC1=CC=CC=CC=C2C=CC=CC=CC=C21. The Kier molecular flexibility index (Phi) is 5.50. The van der Waals surface area contributed by atoms with Gasteiger partial charge in [0.25, 0.3) is 0 Å². The van der Waals surface area contributed by atoms with Gasteiger partial charge < -0.3 is 4.74 Å². The molecular weight excluding hydrogens is 272 g/mol. The molecule has 2 aliphatic carbocycles. The molecular formula is C20H18O2. The molecule has 0 aromatic carbocycles. The van der Waals surface area contributed by atoms with Crippen LogP contribution in [0.4, 0.5) is 0 Å². The molecule has 2 rings (SSSR count). The zero-order chi connectivity index (χ0) is 15.8. The van der Waals surface area contributed by atoms with Crippen LogP contribution in [-0.4, -0.2) is 5.97 Å². The van der Waals surface area contributed by atoms with Gasteiger partial charge in [0, 0.05) is 11.1 Å². The third-order valence-electron chi connectivity index (χ3n) is 2.97. The van der Waals surface area contributed by atoms with Crippen LogP contribution in [0, 0.1) is 0 Å². The molecule has 0 N–H and O–H groups in total. The predicted molar refractivity (Wildman–Crippen MR) is 90.9 cm³/mol. The summed E-state index contributed by atoms with van der Waals surface area (Å²) in [7, 11) is 0. The number of fused-ring (bicyclic) bond motifs is 1. The number of carbonyl (C=O) groups is 1. The van der Waals surface area contributed by atoms with E-state index < -0.39 is 5.97 Å². The molecule has 110 valence electrons. The molecule has 2 heteroatoms. The Hall–Kier alpha value is -2.87. The molecule has 2 aliphatic rings. The van der Waals surface area contributed by atoms with Crippen LogP contribution in [0.3, 0.4) is 0 Å². The number of allylic oxidation sites excluding steroid dienone is 14. The minimum atomic E-state index is -0.432. The molecule has 0 saturated heterocycles. The highest BCUT2D eigenvalue weighted by atomic mass is 16.5. The lowest BCUT2D eigenvalue weighted by Crippen LogP contribution is -2.07. The lowest BCUT2D eigenvalue weighted by atomic mass is 10.0. The zero-order valence-electron chi connectivity index (χ0n) is 12.5. The number of hydrogen-bond acceptors (Lipinski definition) is 2. The molecule has 0 bridgehead atoms. The molecule has 0 fully saturated rings. The van der Waals surface area contributed by atoms with Gasteiger partial charge in [-0.1, -0.05) is 79.5 Å². The summed E-state index contributed by atoms with van der Waals surface area (Å²) in [5.41, 5.74) is 2.16. The minimum absolute atomic E-state index is 0.366. The van der Waals surface area contributed by atoms with Crippen LogP contribution < -0.4 is 0 Å². The van der Waals surface area contributed by atoms with Crippen molar-refractivity contribution in [2.24, 2.45) is 0 Å². The van der Waals surface area contributed by atoms with E-state index >= 15 is 0 Å². The Morgan fingerprint density at radius 3 is 2.18 bits per heavy atom. The van der Waals surface area contributed by atoms with Crippen molar-refractivity contribution in [1.29, 1.82) is 0 Å². The summed E-state index contributed by atoms with van der Waals surface area (Å²) in [4.78, 5) is 11.9. The van der Waals surface area contributed by atoms with Gasteiger partial charge in [-0.2, -0.15) is 0 Å². The van der Waals surface area contributed by atoms with Crippen LogP contribution in [0.5, 0.6) is 0 Å². The van der Waals surface area contributed by atoms with Crippen molar-refractivity contribution in [2.45, 2.75) is 6.92 Å². The van der Waals surface area contributed by atoms with Gasteiger partial charge in [0.2, 0.25) is 0 Å². The second-order valence-corrected chi connectivity index (χ2v) is 4.80. The van der Waals surface area contributed by atoms with Gasteiger partial charge in [-0.15, -0.1) is 0 Å². The number of ether oxygens (including phenoxy) is 1. The van der Waals surface area contributed by atoms with E-state index in [1.54, 1.807) is 13.0 Å². The fourth-order valence-electron chi connectivity index (χ4n) is 1.86. The number of rotatable bonds is 2. The van der Waals surface area contributed by atoms with Gasteiger partial charge in [0.05, 0.1) is 0 Å². The van der Waals surface area contributed by atoms with Crippen LogP contribution in [0.2, 0.25) is 0 Å². The van der Waals surface area contributed by atoms with Crippen molar-refractivity contribution >= 4 is 5.97 Å². The normalized spacial score (nSPS) is 16.7. The monoisotopic (exact) mass is 290 g/mol. The highest BCUT2D eigenvalue weighted by Crippen LogP contribution is 2.25. The van der Waals surface area contributed by atoms with Gasteiger partial charge in [-0.05, 0) is 18.6 Å². The first kappa shape index (κ1) is 15.5. The van der Waals surface area contributed by atoms with Gasteiger partial charge in [0.15, 0.2) is 0 Å². The van der Waals surface area contributed by atoms with Gasteiger partial charge in [0.1, 0.15) is 5.76 Å². The highest BCUT2D eigenvalue weighted by molar-refractivity contribution is 5.88. The molecule has 0 atom stereocenters. The fourth-order valence-corrected chi connectivity index (χ4v) is 1.86. The van der Waals surface area contributed by atoms with E-state index in [1.807, 2.05) is 72.9 Å². The zero-order valence-corrected chi connectivity index (χ0v) is 12.5. The number of carbonyl (C=O) groups excluding carboxylic acids is 1. The quantitative estimate of drug-likeness (QED) is 0.546. The Bertz CT molecular complexity index is 702. The smallest absolute Gasteiger partial charge is 0.338 e. The predicted octanol–water partition coefficient (Wildman–Crippen LogP) is 4.65. The topological polar surface area (TPSA) is 26.3 Å². The van der Waals surface area contributed by atoms with Crippen LogP contribution in [0.1, 0.15) is 6.92 Å². The first-order valence-corrected chi connectivity index (χ1v) is 7.04. The van der Waals surface area contributed by atoms with Crippen molar-refractivity contribution in [2.75, 3.05) is 0 Å². The van der Waals surface area contributed by atoms with Gasteiger partial charge in [-0.3, -0.25) is 0 Å². The summed E-state index contributed by atoms with van der Waals surface area (Å²) in [5.74, 6) is 0.0634. The van der Waals surface area contributed by atoms with E-state index in [4.69, 9.17) is 4.74 Å². The molecule has 0 aliphatic heterocycles. The van der Waals surface area contributed by atoms with E-state index in [9.17, 15) is 4.79 Å². The maximum absolute atomic E-state index is 11.9. The average molecular weight is 290 g/mol. The molecule has 22 heavy (non-hydrogen) atoms. The summed E-state index contributed by atoms with van der Waals surface area (Å²) < 4.78 is 5.50. The largest absolute Gasteiger partial charge is 0.423 e. The van der Waals surface area contributed by atoms with E-state index in [2.05, 4.69) is 6.58 Å². The Morgan fingerprint density at radius 1 is 0.864 bits per heavy atom. The van der Waals surface area contributed by atoms with Crippen molar-refractivity contribution in [1.82, 2.24) is 0 Å². The van der Waals surface area contributed by atoms with Gasteiger partial charge >= 0.3 is 5.97 Å². The molecule has 0 aromatic rings. The number of hydrogen-bond donors (Lipinski definition) is 0. The minimum Gasteiger partial charge on any atom is -0.423 e. The molecule has 2 nitrogen and oxygen atoms in total. The molecule has 0 radical (unpaired) electrons. The molecule has 0 saturated carbocycles. The van der Waals surface area contributed by atoms with E-state index in [0.717, 1.165) is 11.1 Å². The third kappa shape index (κ3) is 4.32. The molecule has 0 heterocycles. The van der Waals surface area contributed by atoms with E-state index in [0.29, 0.717) is 11.3 Å². The lowest BCUT2D eigenvalue weighted by molar-refractivity contribution is -0.134. The van der Waals surface area contributed by atoms with Crippen molar-refractivity contribution in [3.63, 3.8) is 0 Å². The standard InChI is InChI=1S/C20H18O2/c1-16(2)20(21)22-19-15-11-7-6-9-13-17-12-8-4-3-5-10-14-18(17)19/h3-15H,1H2,2H3. The first-order chi connectivity index (χ1) is 10.7. The van der Waals surface area contributed by atoms with Crippen LogP contribution in [-0.2, 0) is 9.53 Å². The second-order valence-electron chi connectivity index (χ2n) is 4.80. The van der Waals surface area contributed by atoms with Crippen LogP contribution >= 0.6 is 0 Å². The fraction of sp³-hybridized carbons (Fsp3) is 0.0500. The first-order valence-electron chi connectivity index (χ1n) is 7.04. The maximum Gasteiger partial charge on any atom is 0.338 e. The summed E-state index contributed by atoms with van der Waals surface area (Å²) in [6, 6.07) is 0. The van der Waals surface area contributed by atoms with E-state index in [1.165, 1.54) is 0 Å². The number of esters is 1. The summed E-state index contributed by atoms with van der Waals surface area (Å²) in [6.45, 7) is 5.26. The molecule has 0 amide bonds. The van der Waals surface area contributed by atoms with E-state index in [-0.39, 0.29) is 0 Å².